The van der Waals surface area contributed by atoms with Gasteiger partial charge in [0.25, 0.3) is 0 Å². The Hall–Kier alpha value is -11.5. The molecule has 0 heterocycles. The van der Waals surface area contributed by atoms with E-state index in [1.807, 2.05) is 0 Å². The van der Waals surface area contributed by atoms with Crippen LogP contribution in [0.4, 0.5) is 0 Å². The van der Waals surface area contributed by atoms with Crippen molar-refractivity contribution < 1.29 is 71.9 Å². The number of carbonyl (C=O) groups is 15. The molecule has 39 nitrogen and oxygen atoms in total. The van der Waals surface area contributed by atoms with Crippen LogP contribution in [0.1, 0.15) is 135 Å². The van der Waals surface area contributed by atoms with Gasteiger partial charge in [0.05, 0.1) is 25.6 Å². The van der Waals surface area contributed by atoms with Gasteiger partial charge < -0.3 is 120 Å². The van der Waals surface area contributed by atoms with E-state index in [-0.39, 0.29) is 114 Å². The van der Waals surface area contributed by atoms with Crippen LogP contribution >= 0.6 is 12.6 Å². The molecule has 0 aromatic heterocycles. The first-order valence-corrected chi connectivity index (χ1v) is 39.7. The summed E-state index contributed by atoms with van der Waals surface area (Å²) in [4.78, 5) is 207. The van der Waals surface area contributed by atoms with Gasteiger partial charge in [-0.05, 0) is 126 Å². The van der Waals surface area contributed by atoms with E-state index in [1.54, 1.807) is 119 Å². The number of thiol groups is 1. The smallest absolute Gasteiger partial charge is 0.244 e. The lowest BCUT2D eigenvalue weighted by atomic mass is 9.96. The fourth-order valence-corrected chi connectivity index (χ4v) is 12.1. The van der Waals surface area contributed by atoms with Gasteiger partial charge in [-0.3, -0.25) is 82.7 Å². The number of rotatable bonds is 56. The second-order valence-electron chi connectivity index (χ2n) is 28.8. The summed E-state index contributed by atoms with van der Waals surface area (Å²) in [6.45, 7) is 7.55. The van der Waals surface area contributed by atoms with Crippen molar-refractivity contribution in [3.63, 3.8) is 0 Å². The molecule has 3 rings (SSSR count). The Kier molecular flexibility index (Phi) is 46.3. The molecule has 117 heavy (non-hydrogen) atoms. The van der Waals surface area contributed by atoms with Gasteiger partial charge in [-0.15, -0.1) is 0 Å². The van der Waals surface area contributed by atoms with Gasteiger partial charge in [0, 0.05) is 31.7 Å². The van der Waals surface area contributed by atoms with Gasteiger partial charge in [0.15, 0.2) is 11.9 Å². The van der Waals surface area contributed by atoms with E-state index in [0.29, 0.717) is 48.8 Å². The molecule has 0 aliphatic carbocycles. The van der Waals surface area contributed by atoms with E-state index < -0.39 is 187 Å². The summed E-state index contributed by atoms with van der Waals surface area (Å²) in [6.07, 6.45) is 0.969. The zero-order valence-corrected chi connectivity index (χ0v) is 68.0. The molecule has 0 spiro atoms. The molecule has 0 saturated carbocycles. The van der Waals surface area contributed by atoms with Crippen LogP contribution in [0, 0.1) is 22.7 Å². The second kappa shape index (κ2) is 54.3. The zero-order chi connectivity index (χ0) is 87.1. The third-order valence-corrected chi connectivity index (χ3v) is 18.8. The minimum Gasteiger partial charge on any atom is -0.370 e. The standard InChI is InChI=1S/C77H122N24O15S/c1-6-45(4)63(75(116)96-54(31-21-35-88-77(85)86)69(110)99-56(66(107)89-41-61(82)103)38-48-24-12-8-13-25-48)101-70(111)52(29-17-19-33-79)95-74(115)59(43-117)92-62(104)42-90-64(105)46(5)91-67(108)51(28-16-18-32-78)93-71(112)55(36-44(2)3)98-68(109)53(30-20-34-87-76(83)84)94-72(113)57(39-49-26-14-9-15-27-49)100-73(114)58(40-60(81)102)97-65(106)50(80)37-47-22-10-7-11-23-47/h7-15,22-27,44-46,50-59,63,117H,6,16-21,28-43,78-80H2,1-5H3,(H2,81,102)(H2,82,103)(H,89,107)(H,90,105)(H,91,108)(H,92,104)(H,93,112)(H,94,113)(H,95,115)(H,96,116)(H,97,106)(H,98,109)(H,99,110)(H,100,114)(H,101,111)(H4,83,84,87)(H4,85,86,88)/t45-,46-,50-,51-,52-,53-,54-,55-,56-,57-,58-,59-,63-/m0/s1. The van der Waals surface area contributed by atoms with Crippen LogP contribution in [-0.4, -0.2) is 218 Å². The maximum Gasteiger partial charge on any atom is 0.244 e. The summed E-state index contributed by atoms with van der Waals surface area (Å²) >= 11 is 4.28. The highest BCUT2D eigenvalue weighted by Gasteiger charge is 2.38. The normalized spacial score (nSPS) is 14.3. The molecule has 3 aromatic carbocycles. The minimum absolute atomic E-state index is 0.00619. The number of unbranched alkanes of at least 4 members (excludes halogenated alkanes) is 2. The molecular weight excluding hydrogens is 1530 g/mol. The lowest BCUT2D eigenvalue weighted by Crippen LogP contribution is -2.61. The van der Waals surface area contributed by atoms with Crippen LogP contribution < -0.4 is 120 Å². The van der Waals surface area contributed by atoms with Crippen molar-refractivity contribution in [3.8, 4) is 0 Å². The van der Waals surface area contributed by atoms with E-state index in [2.05, 4.69) is 92.4 Å². The Bertz CT molecular complexity index is 3760. The van der Waals surface area contributed by atoms with E-state index in [0.717, 1.165) is 0 Å². The van der Waals surface area contributed by atoms with Crippen molar-refractivity contribution in [2.75, 3.05) is 45.0 Å². The molecule has 0 bridgehead atoms. The highest BCUT2D eigenvalue weighted by atomic mass is 32.1. The van der Waals surface area contributed by atoms with Crippen molar-refractivity contribution in [2.24, 2.45) is 52.0 Å². The zero-order valence-electron chi connectivity index (χ0n) is 67.1. The van der Waals surface area contributed by atoms with Crippen molar-refractivity contribution in [1.29, 1.82) is 10.8 Å². The lowest BCUT2D eigenvalue weighted by molar-refractivity contribution is -0.136. The number of nitrogens with one attached hydrogen (secondary N) is 17. The summed E-state index contributed by atoms with van der Waals surface area (Å²) < 4.78 is 0. The van der Waals surface area contributed by atoms with E-state index >= 15 is 0 Å². The van der Waals surface area contributed by atoms with Crippen LogP contribution in [0.5, 0.6) is 0 Å². The largest absolute Gasteiger partial charge is 0.370 e. The second-order valence-corrected chi connectivity index (χ2v) is 29.2. The molecule has 40 heteroatoms. The average molecular weight is 1660 g/mol. The summed E-state index contributed by atoms with van der Waals surface area (Å²) in [5.74, 6) is -14.9. The van der Waals surface area contributed by atoms with Gasteiger partial charge in [-0.25, -0.2) is 0 Å². The van der Waals surface area contributed by atoms with Crippen molar-refractivity contribution in [3.05, 3.63) is 108 Å². The van der Waals surface area contributed by atoms with Gasteiger partial charge in [0.1, 0.15) is 66.5 Å². The molecule has 3 aromatic rings. The number of primary amides is 2. The average Bonchev–Trinajstić information content (AvgIpc) is 0.847. The maximum atomic E-state index is 14.6. The SMILES string of the molecule is CC[C@H](C)[C@H](NC(=O)[C@H](CCCCN)NC(=O)[C@H](CS)NC(=O)CNC(=O)[C@H](C)NC(=O)[C@H](CCCCN)NC(=O)[C@H](CC(C)C)NC(=O)[C@H](CCCNC(=N)N)NC(=O)[C@H](Cc1ccccc1)NC(=O)[C@H](CC(N)=O)NC(=O)[C@@H](N)Cc1ccccc1)C(=O)N[C@@H](CCCNC(=N)N)C(=O)N[C@@H](Cc1ccccc1)C(=O)NCC(N)=O. The molecule has 0 unspecified atom stereocenters. The lowest BCUT2D eigenvalue weighted by Gasteiger charge is -2.29. The molecular formula is C77H122N24O15S. The molecule has 15 amide bonds. The van der Waals surface area contributed by atoms with Crippen LogP contribution in [-0.2, 0) is 91.2 Å². The van der Waals surface area contributed by atoms with Crippen LogP contribution in [0.25, 0.3) is 0 Å². The predicted molar refractivity (Wildman–Crippen MR) is 441 cm³/mol. The van der Waals surface area contributed by atoms with Crippen molar-refractivity contribution >= 4 is 113 Å². The topological polar surface area (TPSA) is 666 Å². The highest BCUT2D eigenvalue weighted by molar-refractivity contribution is 7.80. The number of amides is 15. The van der Waals surface area contributed by atoms with Gasteiger partial charge in [-0.1, -0.05) is 125 Å². The van der Waals surface area contributed by atoms with Crippen LogP contribution in [0.2, 0.25) is 0 Å². The quantitative estimate of drug-likeness (QED) is 0.0109. The molecule has 0 saturated heterocycles. The fourth-order valence-electron chi connectivity index (χ4n) is 11.9. The number of guanidine groups is 2. The number of benzene rings is 3. The molecule has 31 N–H and O–H groups in total. The molecule has 0 aliphatic heterocycles. The van der Waals surface area contributed by atoms with Crippen molar-refractivity contribution in [2.45, 2.75) is 210 Å². The first kappa shape index (κ1) is 99.7. The summed E-state index contributed by atoms with van der Waals surface area (Å²) in [5, 5.41) is 54.2. The monoisotopic (exact) mass is 1650 g/mol. The molecule has 13 atom stereocenters. The number of nitrogens with two attached hydrogens (primary N) is 7. The predicted octanol–water partition coefficient (Wildman–Crippen LogP) is -5.21. The van der Waals surface area contributed by atoms with Crippen LogP contribution in [0.3, 0.4) is 0 Å². The Labute approximate surface area is 687 Å². The maximum absolute atomic E-state index is 14.6. The summed E-state index contributed by atoms with van der Waals surface area (Å²) in [5.41, 5.74) is 41.6. The van der Waals surface area contributed by atoms with Gasteiger partial charge >= 0.3 is 0 Å². The van der Waals surface area contributed by atoms with Gasteiger partial charge in [0.2, 0.25) is 88.6 Å². The number of hydrogen-bond donors (Lipinski definition) is 25. The van der Waals surface area contributed by atoms with E-state index in [4.69, 9.17) is 51.0 Å². The van der Waals surface area contributed by atoms with Crippen molar-refractivity contribution in [1.82, 2.24) is 79.8 Å². The van der Waals surface area contributed by atoms with Gasteiger partial charge in [-0.2, -0.15) is 12.6 Å². The number of carbonyl (C=O) groups excluding carboxylic acids is 15. The molecule has 0 aliphatic rings. The molecule has 0 radical (unpaired) electrons. The van der Waals surface area contributed by atoms with E-state index in [9.17, 15) is 71.9 Å². The first-order valence-electron chi connectivity index (χ1n) is 39.1. The Balaban J connectivity index is 1.81. The Morgan fingerprint density at radius 2 is 0.744 bits per heavy atom. The first-order chi connectivity index (χ1) is 55.6. The summed E-state index contributed by atoms with van der Waals surface area (Å²) in [6, 6.07) is 9.38. The molecule has 0 fully saturated rings. The minimum atomic E-state index is -1.60. The Morgan fingerprint density at radius 1 is 0.376 bits per heavy atom. The fraction of sp³-hybridized carbons (Fsp3) is 0.545. The highest BCUT2D eigenvalue weighted by Crippen LogP contribution is 2.16. The van der Waals surface area contributed by atoms with E-state index in [1.165, 1.54) is 6.92 Å². The Morgan fingerprint density at radius 3 is 1.17 bits per heavy atom. The van der Waals surface area contributed by atoms with Crippen LogP contribution in [0.15, 0.2) is 91.0 Å². The third kappa shape index (κ3) is 39.6. The third-order valence-electron chi connectivity index (χ3n) is 18.5. The number of hydrogen-bond acceptors (Lipinski definition) is 21. The summed E-state index contributed by atoms with van der Waals surface area (Å²) in [7, 11) is 0. The molecule has 646 valence electrons.